The number of carbonyl (C=O) groups is 3. The number of ether oxygens (including phenoxy) is 6. The number of esters is 1. The van der Waals surface area contributed by atoms with Gasteiger partial charge in [-0.1, -0.05) is 27.7 Å². The van der Waals surface area contributed by atoms with Crippen LogP contribution >= 0.6 is 0 Å². The van der Waals surface area contributed by atoms with E-state index in [2.05, 4.69) is 5.32 Å². The molecule has 2 aliphatic rings. The van der Waals surface area contributed by atoms with Crippen LogP contribution < -0.4 is 5.32 Å². The number of nitrogens with one attached hydrogen (secondary N) is 1. The van der Waals surface area contributed by atoms with Gasteiger partial charge in [-0.15, -0.1) is 0 Å². The molecule has 0 bridgehead atoms. The Kier molecular flexibility index (Phi) is 16.4. The van der Waals surface area contributed by atoms with Gasteiger partial charge in [-0.3, -0.25) is 9.59 Å². The predicted molar refractivity (Wildman–Crippen MR) is 181 cm³/mol. The maximum absolute atomic E-state index is 14.1. The maximum Gasteiger partial charge on any atom is 0.407 e. The van der Waals surface area contributed by atoms with Gasteiger partial charge in [0, 0.05) is 51.2 Å². The van der Waals surface area contributed by atoms with Crippen molar-refractivity contribution in [1.29, 1.82) is 0 Å². The number of cyclic esters (lactones) is 1. The summed E-state index contributed by atoms with van der Waals surface area (Å²) in [5, 5.41) is 35.1. The topological polar surface area (TPSA) is 183 Å². The van der Waals surface area contributed by atoms with Gasteiger partial charge in [-0.2, -0.15) is 0 Å². The molecule has 286 valence electrons. The average Bonchev–Trinajstić information content (AvgIpc) is 3.04. The second-order valence-corrected chi connectivity index (χ2v) is 14.7. The van der Waals surface area contributed by atoms with Gasteiger partial charge >= 0.3 is 12.1 Å². The summed E-state index contributed by atoms with van der Waals surface area (Å²) in [6.45, 7) is 13.6. The van der Waals surface area contributed by atoms with Crippen molar-refractivity contribution in [3.05, 3.63) is 0 Å². The van der Waals surface area contributed by atoms with E-state index in [-0.39, 0.29) is 43.9 Å². The molecule has 0 unspecified atom stereocenters. The Hall–Kier alpha value is -1.91. The molecular formula is C35H64N2O12. The molecule has 2 rings (SSSR count). The summed E-state index contributed by atoms with van der Waals surface area (Å²) in [5.74, 6) is -4.29. The van der Waals surface area contributed by atoms with Crippen LogP contribution in [-0.4, -0.2) is 140 Å². The third kappa shape index (κ3) is 10.3. The molecule has 14 nitrogen and oxygen atoms in total. The van der Waals surface area contributed by atoms with Gasteiger partial charge in [0.2, 0.25) is 0 Å². The number of amides is 1. The molecule has 0 aromatic rings. The highest BCUT2D eigenvalue weighted by molar-refractivity contribution is 5.83. The van der Waals surface area contributed by atoms with Crippen molar-refractivity contribution < 1.29 is 58.1 Å². The molecule has 0 aromatic heterocycles. The number of hydrogen-bond acceptors (Lipinski definition) is 13. The Balaban J connectivity index is 2.77. The van der Waals surface area contributed by atoms with E-state index in [1.165, 1.54) is 21.1 Å². The van der Waals surface area contributed by atoms with Crippen LogP contribution in [0.25, 0.3) is 0 Å². The first kappa shape index (κ1) is 43.3. The first-order chi connectivity index (χ1) is 22.8. The number of aliphatic hydroxyl groups is 3. The molecule has 4 N–H and O–H groups in total. The molecular weight excluding hydrogens is 640 g/mol. The summed E-state index contributed by atoms with van der Waals surface area (Å²) in [6, 6.07) is -0.291. The standard InChI is InChI=1S/C35H64N2O12/c1-13-25-35(8,43)30(44-11)21(4)26(39)19(2)18-34(7,45-12)29(49-32-27(40)24(37(9)10)17-20(3)46-32)22(5)28(23(6)31(41)47-25)48-33(42)36-15-14-16-38/h19-25,27-30,32,38,40,43H,13-18H2,1-12H3,(H,36,42)/t19-,20-,21+,22+,23-,24+,25-,27-,28+,29-,30-,32+,34-,35-/m1/s1. The number of Topliss-reactive ketones (excluding diaryl/α,β-unsaturated/α-hetero) is 1. The van der Waals surface area contributed by atoms with Crippen LogP contribution in [0.3, 0.4) is 0 Å². The number of aliphatic hydroxyl groups excluding tert-OH is 2. The van der Waals surface area contributed by atoms with E-state index in [9.17, 15) is 29.7 Å². The zero-order valence-corrected chi connectivity index (χ0v) is 31.6. The zero-order valence-electron chi connectivity index (χ0n) is 31.6. The summed E-state index contributed by atoms with van der Waals surface area (Å²) in [5.41, 5.74) is -3.02. The lowest BCUT2D eigenvalue weighted by Gasteiger charge is -2.48. The fraction of sp³-hybridized carbons (Fsp3) is 0.914. The first-order valence-electron chi connectivity index (χ1n) is 17.6. The second-order valence-electron chi connectivity index (χ2n) is 14.7. The SMILES string of the molecule is CC[C@H]1OC(=O)[C@H](C)[C@@H](OC(=O)NCCCO)[C@H](C)[C@@H](O[C@@H]2O[C@H](C)C[C@H](N(C)C)[C@H]2O)[C@](C)(OC)C[C@@H](C)C(=O)[C@H](C)[C@@H](OC)[C@]1(C)O. The predicted octanol–water partition coefficient (Wildman–Crippen LogP) is 2.28. The lowest BCUT2D eigenvalue weighted by atomic mass is 9.73. The molecule has 0 spiro atoms. The Morgan fingerprint density at radius 2 is 1.69 bits per heavy atom. The highest BCUT2D eigenvalue weighted by atomic mass is 16.7. The maximum atomic E-state index is 14.1. The third-order valence-electron chi connectivity index (χ3n) is 10.5. The minimum atomic E-state index is -1.76. The molecule has 14 heteroatoms. The van der Waals surface area contributed by atoms with Crippen LogP contribution in [0.5, 0.6) is 0 Å². The van der Waals surface area contributed by atoms with Crippen molar-refractivity contribution in [2.45, 2.75) is 141 Å². The second kappa shape index (κ2) is 18.5. The summed E-state index contributed by atoms with van der Waals surface area (Å²) in [6.07, 6.45) is -6.38. The first-order valence-corrected chi connectivity index (χ1v) is 17.6. The molecule has 0 radical (unpaired) electrons. The fourth-order valence-corrected chi connectivity index (χ4v) is 7.65. The number of hydrogen-bond donors (Lipinski definition) is 4. The minimum absolute atomic E-state index is 0.126. The van der Waals surface area contributed by atoms with Gasteiger partial charge < -0.3 is 54.0 Å². The quantitative estimate of drug-likeness (QED) is 0.192. The van der Waals surface area contributed by atoms with E-state index < -0.39 is 83.7 Å². The number of carbonyl (C=O) groups excluding carboxylic acids is 3. The van der Waals surface area contributed by atoms with Crippen molar-refractivity contribution in [3.63, 3.8) is 0 Å². The lowest BCUT2D eigenvalue weighted by Crippen LogP contribution is -2.61. The molecule has 0 saturated carbocycles. The van der Waals surface area contributed by atoms with Crippen molar-refractivity contribution in [1.82, 2.24) is 10.2 Å². The van der Waals surface area contributed by atoms with Crippen LogP contribution in [-0.2, 0) is 38.0 Å². The van der Waals surface area contributed by atoms with Crippen molar-refractivity contribution in [2.75, 3.05) is 41.5 Å². The van der Waals surface area contributed by atoms with Crippen molar-refractivity contribution >= 4 is 17.8 Å². The van der Waals surface area contributed by atoms with Crippen molar-refractivity contribution in [3.8, 4) is 0 Å². The molecule has 2 heterocycles. The van der Waals surface area contributed by atoms with E-state index in [0.717, 1.165) is 0 Å². The summed E-state index contributed by atoms with van der Waals surface area (Å²) < 4.78 is 36.6. The van der Waals surface area contributed by atoms with Crippen molar-refractivity contribution in [2.24, 2.45) is 23.7 Å². The van der Waals surface area contributed by atoms with Crippen LogP contribution in [0.4, 0.5) is 4.79 Å². The van der Waals surface area contributed by atoms with Gasteiger partial charge in [0.25, 0.3) is 0 Å². The summed E-state index contributed by atoms with van der Waals surface area (Å²) in [4.78, 5) is 43.0. The lowest BCUT2D eigenvalue weighted by molar-refractivity contribution is -0.301. The largest absolute Gasteiger partial charge is 0.459 e. The van der Waals surface area contributed by atoms with Gasteiger partial charge in [0.15, 0.2) is 6.29 Å². The molecule has 0 aromatic carbocycles. The third-order valence-corrected chi connectivity index (χ3v) is 10.5. The number of alkyl carbamates (subject to hydrolysis) is 1. The number of rotatable bonds is 10. The van der Waals surface area contributed by atoms with Crippen LogP contribution in [0, 0.1) is 23.7 Å². The molecule has 2 saturated heterocycles. The minimum Gasteiger partial charge on any atom is -0.459 e. The monoisotopic (exact) mass is 704 g/mol. The Morgan fingerprint density at radius 1 is 1.06 bits per heavy atom. The molecule has 2 fully saturated rings. The Morgan fingerprint density at radius 3 is 2.22 bits per heavy atom. The number of methoxy groups -OCH3 is 2. The van der Waals surface area contributed by atoms with Crippen LogP contribution in [0.15, 0.2) is 0 Å². The smallest absolute Gasteiger partial charge is 0.407 e. The summed E-state index contributed by atoms with van der Waals surface area (Å²) >= 11 is 0. The normalized spacial score (nSPS) is 41.6. The highest BCUT2D eigenvalue weighted by Crippen LogP contribution is 2.40. The van der Waals surface area contributed by atoms with E-state index >= 15 is 0 Å². The number of ketones is 1. The van der Waals surface area contributed by atoms with Crippen LogP contribution in [0.2, 0.25) is 0 Å². The highest BCUT2D eigenvalue weighted by Gasteiger charge is 2.53. The Labute approximate surface area is 292 Å². The number of nitrogens with zero attached hydrogens (tertiary/aromatic N) is 1. The van der Waals surface area contributed by atoms with E-state index in [4.69, 9.17) is 28.4 Å². The average molecular weight is 705 g/mol. The fourth-order valence-electron chi connectivity index (χ4n) is 7.65. The molecule has 49 heavy (non-hydrogen) atoms. The summed E-state index contributed by atoms with van der Waals surface area (Å²) in [7, 11) is 6.61. The van der Waals surface area contributed by atoms with Gasteiger partial charge in [-0.25, -0.2) is 4.79 Å². The zero-order chi connectivity index (χ0) is 37.4. The molecule has 14 atom stereocenters. The van der Waals surface area contributed by atoms with E-state index in [0.29, 0.717) is 12.8 Å². The van der Waals surface area contributed by atoms with Gasteiger partial charge in [0.05, 0.1) is 29.8 Å². The van der Waals surface area contributed by atoms with Crippen LogP contribution in [0.1, 0.15) is 81.1 Å². The van der Waals surface area contributed by atoms with E-state index in [1.54, 1.807) is 41.5 Å². The molecule has 0 aliphatic carbocycles. The van der Waals surface area contributed by atoms with E-state index in [1.807, 2.05) is 25.9 Å². The Bertz CT molecular complexity index is 1080. The molecule has 1 amide bonds. The number of likely N-dealkylation sites (N-methyl/N-ethyl adjacent to an activating group) is 1. The molecule has 2 aliphatic heterocycles. The van der Waals surface area contributed by atoms with Gasteiger partial charge in [0.1, 0.15) is 29.7 Å². The van der Waals surface area contributed by atoms with Gasteiger partial charge in [-0.05, 0) is 67.5 Å².